The van der Waals surface area contributed by atoms with Crippen LogP contribution in [-0.2, 0) is 17.8 Å². The maximum absolute atomic E-state index is 10.9. The molecule has 0 bridgehead atoms. The molecule has 1 N–H and O–H groups in total. The van der Waals surface area contributed by atoms with Crippen molar-refractivity contribution in [2.75, 3.05) is 13.6 Å². The van der Waals surface area contributed by atoms with E-state index in [1.807, 2.05) is 18.2 Å². The lowest BCUT2D eigenvalue weighted by molar-refractivity contribution is -0.136. The fourth-order valence-corrected chi connectivity index (χ4v) is 3.16. The van der Waals surface area contributed by atoms with Crippen molar-refractivity contribution >= 4 is 5.97 Å². The van der Waals surface area contributed by atoms with Gasteiger partial charge < -0.3 is 10.0 Å². The summed E-state index contributed by atoms with van der Waals surface area (Å²) in [6, 6.07) is 16.5. The summed E-state index contributed by atoms with van der Waals surface area (Å²) in [5.41, 5.74) is 4.79. The third kappa shape index (κ3) is 2.98. The van der Waals surface area contributed by atoms with Gasteiger partial charge in [0.2, 0.25) is 0 Å². The maximum atomic E-state index is 10.9. The Kier molecular flexibility index (Phi) is 3.76. The van der Waals surface area contributed by atoms with Gasteiger partial charge in [0, 0.05) is 19.0 Å². The van der Waals surface area contributed by atoms with Gasteiger partial charge in [0.1, 0.15) is 0 Å². The van der Waals surface area contributed by atoms with Gasteiger partial charge in [-0.1, -0.05) is 48.5 Å². The number of fused-ring (bicyclic) bond motifs is 1. The van der Waals surface area contributed by atoms with Gasteiger partial charge in [-0.05, 0) is 29.3 Å². The molecule has 3 heteroatoms. The molecule has 0 saturated carbocycles. The number of rotatable bonds is 3. The summed E-state index contributed by atoms with van der Waals surface area (Å²) in [5.74, 6) is -0.470. The van der Waals surface area contributed by atoms with Crippen LogP contribution in [0.25, 0.3) is 0 Å². The maximum Gasteiger partial charge on any atom is 0.307 e. The summed E-state index contributed by atoms with van der Waals surface area (Å²) >= 11 is 0. The zero-order valence-corrected chi connectivity index (χ0v) is 12.1. The number of carbonyl (C=O) groups is 1. The molecule has 1 aliphatic heterocycles. The lowest BCUT2D eigenvalue weighted by atomic mass is 9.84. The van der Waals surface area contributed by atoms with E-state index in [-0.39, 0.29) is 6.42 Å². The SMILES string of the molecule is CN1Cc2ccccc2[C@H](c2cccc(CC(=O)O)c2)C1. The third-order valence-electron chi connectivity index (χ3n) is 4.07. The van der Waals surface area contributed by atoms with E-state index in [1.54, 1.807) is 0 Å². The number of aliphatic carboxylic acids is 1. The molecule has 1 atom stereocenters. The van der Waals surface area contributed by atoms with E-state index in [1.165, 1.54) is 16.7 Å². The van der Waals surface area contributed by atoms with E-state index >= 15 is 0 Å². The predicted octanol–water partition coefficient (Wildman–Crippen LogP) is 2.89. The zero-order valence-electron chi connectivity index (χ0n) is 12.1. The summed E-state index contributed by atoms with van der Waals surface area (Å²) in [7, 11) is 2.13. The van der Waals surface area contributed by atoms with Crippen molar-refractivity contribution in [3.63, 3.8) is 0 Å². The Morgan fingerprint density at radius 3 is 2.86 bits per heavy atom. The molecule has 3 rings (SSSR count). The molecule has 0 spiro atoms. The van der Waals surface area contributed by atoms with E-state index < -0.39 is 5.97 Å². The summed E-state index contributed by atoms with van der Waals surface area (Å²) < 4.78 is 0. The number of carboxylic acids is 1. The zero-order chi connectivity index (χ0) is 14.8. The molecule has 3 nitrogen and oxygen atoms in total. The quantitative estimate of drug-likeness (QED) is 0.940. The lowest BCUT2D eigenvalue weighted by Gasteiger charge is -2.32. The molecule has 0 radical (unpaired) electrons. The molecular formula is C18H19NO2. The van der Waals surface area contributed by atoms with Gasteiger partial charge in [-0.25, -0.2) is 0 Å². The second-order valence-electron chi connectivity index (χ2n) is 5.76. The largest absolute Gasteiger partial charge is 0.481 e. The van der Waals surface area contributed by atoms with Crippen molar-refractivity contribution in [2.45, 2.75) is 18.9 Å². The van der Waals surface area contributed by atoms with Crippen LogP contribution in [0, 0.1) is 0 Å². The molecule has 0 fully saturated rings. The highest BCUT2D eigenvalue weighted by molar-refractivity contribution is 5.70. The summed E-state index contributed by atoms with van der Waals surface area (Å²) in [4.78, 5) is 13.2. The number of carboxylic acid groups (broad SMARTS) is 1. The highest BCUT2D eigenvalue weighted by Crippen LogP contribution is 2.33. The lowest BCUT2D eigenvalue weighted by Crippen LogP contribution is -2.30. The molecule has 2 aromatic carbocycles. The van der Waals surface area contributed by atoms with E-state index in [0.29, 0.717) is 5.92 Å². The third-order valence-corrected chi connectivity index (χ3v) is 4.07. The van der Waals surface area contributed by atoms with Crippen LogP contribution in [0.4, 0.5) is 0 Å². The van der Waals surface area contributed by atoms with Gasteiger partial charge in [-0.15, -0.1) is 0 Å². The molecule has 0 aromatic heterocycles. The van der Waals surface area contributed by atoms with Gasteiger partial charge in [0.25, 0.3) is 0 Å². The second-order valence-corrected chi connectivity index (χ2v) is 5.76. The molecule has 1 aliphatic rings. The monoisotopic (exact) mass is 281 g/mol. The van der Waals surface area contributed by atoms with Crippen LogP contribution < -0.4 is 0 Å². The minimum absolute atomic E-state index is 0.0814. The summed E-state index contributed by atoms with van der Waals surface area (Å²) in [6.45, 7) is 1.94. The van der Waals surface area contributed by atoms with Gasteiger partial charge in [0.15, 0.2) is 0 Å². The van der Waals surface area contributed by atoms with E-state index in [4.69, 9.17) is 5.11 Å². The molecular weight excluding hydrogens is 262 g/mol. The topological polar surface area (TPSA) is 40.5 Å². The van der Waals surface area contributed by atoms with E-state index in [2.05, 4.69) is 42.3 Å². The van der Waals surface area contributed by atoms with E-state index in [9.17, 15) is 4.79 Å². The average molecular weight is 281 g/mol. The normalized spacial score (nSPS) is 18.2. The molecule has 2 aromatic rings. The predicted molar refractivity (Wildman–Crippen MR) is 82.4 cm³/mol. The Hall–Kier alpha value is -2.13. The second kappa shape index (κ2) is 5.70. The van der Waals surface area contributed by atoms with Crippen LogP contribution in [-0.4, -0.2) is 29.6 Å². The number of likely N-dealkylation sites (N-methyl/N-ethyl adjacent to an activating group) is 1. The van der Waals surface area contributed by atoms with Crippen LogP contribution in [0.3, 0.4) is 0 Å². The van der Waals surface area contributed by atoms with Crippen molar-refractivity contribution in [2.24, 2.45) is 0 Å². The Morgan fingerprint density at radius 1 is 1.24 bits per heavy atom. The first-order valence-electron chi connectivity index (χ1n) is 7.20. The highest BCUT2D eigenvalue weighted by Gasteiger charge is 2.24. The highest BCUT2D eigenvalue weighted by atomic mass is 16.4. The molecule has 0 aliphatic carbocycles. The number of benzene rings is 2. The summed E-state index contributed by atoms with van der Waals surface area (Å²) in [6.07, 6.45) is 0.0814. The Morgan fingerprint density at radius 2 is 2.05 bits per heavy atom. The molecule has 0 amide bonds. The first-order valence-corrected chi connectivity index (χ1v) is 7.20. The first kappa shape index (κ1) is 13.8. The van der Waals surface area contributed by atoms with Crippen molar-refractivity contribution in [3.8, 4) is 0 Å². The molecule has 0 saturated heterocycles. The van der Waals surface area contributed by atoms with Crippen LogP contribution in [0.5, 0.6) is 0 Å². The van der Waals surface area contributed by atoms with Gasteiger partial charge >= 0.3 is 5.97 Å². The number of nitrogens with zero attached hydrogens (tertiary/aromatic N) is 1. The minimum Gasteiger partial charge on any atom is -0.481 e. The number of hydrogen-bond donors (Lipinski definition) is 1. The minimum atomic E-state index is -0.784. The van der Waals surface area contributed by atoms with Crippen LogP contribution in [0.2, 0.25) is 0 Å². The van der Waals surface area contributed by atoms with Crippen LogP contribution >= 0.6 is 0 Å². The summed E-state index contributed by atoms with van der Waals surface area (Å²) in [5, 5.41) is 8.96. The van der Waals surface area contributed by atoms with Crippen molar-refractivity contribution in [1.82, 2.24) is 4.90 Å². The van der Waals surface area contributed by atoms with Gasteiger partial charge in [-0.2, -0.15) is 0 Å². The smallest absolute Gasteiger partial charge is 0.307 e. The molecule has 21 heavy (non-hydrogen) atoms. The van der Waals surface area contributed by atoms with Crippen molar-refractivity contribution in [3.05, 3.63) is 70.8 Å². The Balaban J connectivity index is 1.98. The average Bonchev–Trinajstić information content (AvgIpc) is 2.46. The van der Waals surface area contributed by atoms with Gasteiger partial charge in [-0.3, -0.25) is 4.79 Å². The molecule has 0 unspecified atom stereocenters. The Labute approximate surface area is 124 Å². The van der Waals surface area contributed by atoms with Crippen LogP contribution in [0.1, 0.15) is 28.2 Å². The Bertz CT molecular complexity index is 666. The molecule has 1 heterocycles. The fraction of sp³-hybridized carbons (Fsp3) is 0.278. The van der Waals surface area contributed by atoms with Crippen molar-refractivity contribution < 1.29 is 9.90 Å². The van der Waals surface area contributed by atoms with Crippen LogP contribution in [0.15, 0.2) is 48.5 Å². The van der Waals surface area contributed by atoms with Crippen molar-refractivity contribution in [1.29, 1.82) is 0 Å². The van der Waals surface area contributed by atoms with E-state index in [0.717, 1.165) is 18.7 Å². The fourth-order valence-electron chi connectivity index (χ4n) is 3.16. The first-order chi connectivity index (χ1) is 10.1. The number of hydrogen-bond acceptors (Lipinski definition) is 2. The molecule has 108 valence electrons. The van der Waals surface area contributed by atoms with Gasteiger partial charge in [0.05, 0.1) is 6.42 Å². The standard InChI is InChI=1S/C18H19NO2/c1-19-11-15-6-2-3-8-16(15)17(12-19)14-7-4-5-13(9-14)10-18(20)21/h2-9,17H,10-12H2,1H3,(H,20,21)/t17-/m0/s1.